The summed E-state index contributed by atoms with van der Waals surface area (Å²) < 4.78 is 0. The minimum absolute atomic E-state index is 0.121. The summed E-state index contributed by atoms with van der Waals surface area (Å²) in [5.74, 6) is -0.714. The first-order valence-corrected chi connectivity index (χ1v) is 5.32. The Kier molecular flexibility index (Phi) is 4.35. The number of rotatable bonds is 4. The predicted octanol–water partition coefficient (Wildman–Crippen LogP) is 0.533. The number of nitrogens with zero attached hydrogens (tertiary/aromatic N) is 1. The SMILES string of the molecule is CCC(C)N1CCNC(CC(=O)O)C1. The number of hydrogen-bond donors (Lipinski definition) is 2. The van der Waals surface area contributed by atoms with Gasteiger partial charge in [-0.15, -0.1) is 0 Å². The van der Waals surface area contributed by atoms with Crippen molar-refractivity contribution in [3.8, 4) is 0 Å². The summed E-state index contributed by atoms with van der Waals surface area (Å²) >= 11 is 0. The maximum atomic E-state index is 10.6. The fraction of sp³-hybridized carbons (Fsp3) is 0.900. The molecule has 1 rings (SSSR count). The molecule has 0 spiro atoms. The summed E-state index contributed by atoms with van der Waals surface area (Å²) in [5, 5.41) is 11.9. The number of hydrogen-bond acceptors (Lipinski definition) is 3. The average Bonchev–Trinajstić information content (AvgIpc) is 2.16. The van der Waals surface area contributed by atoms with E-state index in [0.29, 0.717) is 6.04 Å². The lowest BCUT2D eigenvalue weighted by atomic mass is 10.1. The van der Waals surface area contributed by atoms with Crippen LogP contribution in [0.2, 0.25) is 0 Å². The van der Waals surface area contributed by atoms with E-state index < -0.39 is 5.97 Å². The summed E-state index contributed by atoms with van der Waals surface area (Å²) in [6, 6.07) is 0.684. The first-order valence-electron chi connectivity index (χ1n) is 5.32. The second kappa shape index (κ2) is 5.32. The lowest BCUT2D eigenvalue weighted by Crippen LogP contribution is -2.53. The van der Waals surface area contributed by atoms with Crippen molar-refractivity contribution in [1.29, 1.82) is 0 Å². The molecule has 0 aromatic heterocycles. The van der Waals surface area contributed by atoms with Crippen LogP contribution in [0.1, 0.15) is 26.7 Å². The molecular weight excluding hydrogens is 180 g/mol. The molecule has 14 heavy (non-hydrogen) atoms. The van der Waals surface area contributed by atoms with Gasteiger partial charge in [0, 0.05) is 31.7 Å². The zero-order valence-corrected chi connectivity index (χ0v) is 8.99. The first-order chi connectivity index (χ1) is 6.63. The first kappa shape index (κ1) is 11.5. The molecule has 2 atom stereocenters. The standard InChI is InChI=1S/C10H20N2O2/c1-3-8(2)12-5-4-11-9(7-12)6-10(13)14/h8-9,11H,3-7H2,1-2H3,(H,13,14). The lowest BCUT2D eigenvalue weighted by molar-refractivity contribution is -0.137. The van der Waals surface area contributed by atoms with E-state index in [0.717, 1.165) is 26.1 Å². The molecule has 2 unspecified atom stereocenters. The molecule has 0 aromatic carbocycles. The van der Waals surface area contributed by atoms with Gasteiger partial charge in [-0.25, -0.2) is 0 Å². The minimum Gasteiger partial charge on any atom is -0.481 e. The van der Waals surface area contributed by atoms with E-state index in [9.17, 15) is 4.79 Å². The summed E-state index contributed by atoms with van der Waals surface area (Å²) in [7, 11) is 0. The van der Waals surface area contributed by atoms with Gasteiger partial charge in [0.25, 0.3) is 0 Å². The van der Waals surface area contributed by atoms with Crippen molar-refractivity contribution in [3.05, 3.63) is 0 Å². The van der Waals surface area contributed by atoms with Crippen LogP contribution in [0.15, 0.2) is 0 Å². The number of carboxylic acids is 1. The van der Waals surface area contributed by atoms with Crippen molar-refractivity contribution < 1.29 is 9.90 Å². The zero-order chi connectivity index (χ0) is 10.6. The van der Waals surface area contributed by atoms with E-state index in [4.69, 9.17) is 5.11 Å². The van der Waals surface area contributed by atoms with Gasteiger partial charge in [0.05, 0.1) is 6.42 Å². The molecule has 1 fully saturated rings. The number of carbonyl (C=O) groups is 1. The molecule has 0 saturated carbocycles. The van der Waals surface area contributed by atoms with Gasteiger partial charge in [-0.2, -0.15) is 0 Å². The van der Waals surface area contributed by atoms with Crippen LogP contribution in [0.3, 0.4) is 0 Å². The molecule has 0 aromatic rings. The van der Waals surface area contributed by atoms with Crippen LogP contribution in [-0.2, 0) is 4.79 Å². The summed E-state index contributed by atoms with van der Waals surface area (Å²) in [6.07, 6.45) is 1.35. The molecule has 0 aliphatic carbocycles. The predicted molar refractivity (Wildman–Crippen MR) is 55.4 cm³/mol. The van der Waals surface area contributed by atoms with Gasteiger partial charge >= 0.3 is 5.97 Å². The Hall–Kier alpha value is -0.610. The van der Waals surface area contributed by atoms with Gasteiger partial charge in [0.2, 0.25) is 0 Å². The van der Waals surface area contributed by atoms with Gasteiger partial charge < -0.3 is 10.4 Å². The topological polar surface area (TPSA) is 52.6 Å². The Labute approximate surface area is 85.3 Å². The minimum atomic E-state index is -0.714. The van der Waals surface area contributed by atoms with E-state index in [1.165, 1.54) is 0 Å². The third kappa shape index (κ3) is 3.27. The quantitative estimate of drug-likeness (QED) is 0.695. The summed E-state index contributed by atoms with van der Waals surface area (Å²) in [6.45, 7) is 7.16. The number of carboxylic acid groups (broad SMARTS) is 1. The Bertz CT molecular complexity index is 197. The third-order valence-corrected chi connectivity index (χ3v) is 2.92. The summed E-state index contributed by atoms with van der Waals surface area (Å²) in [4.78, 5) is 12.9. The van der Waals surface area contributed by atoms with Crippen LogP contribution < -0.4 is 5.32 Å². The smallest absolute Gasteiger partial charge is 0.304 e. The highest BCUT2D eigenvalue weighted by Gasteiger charge is 2.23. The monoisotopic (exact) mass is 200 g/mol. The van der Waals surface area contributed by atoms with E-state index in [2.05, 4.69) is 24.1 Å². The Morgan fingerprint density at radius 2 is 2.43 bits per heavy atom. The molecule has 0 bridgehead atoms. The molecule has 0 radical (unpaired) electrons. The molecule has 1 aliphatic heterocycles. The Morgan fingerprint density at radius 1 is 1.71 bits per heavy atom. The Balaban J connectivity index is 2.39. The van der Waals surface area contributed by atoms with E-state index in [1.54, 1.807) is 0 Å². The van der Waals surface area contributed by atoms with Crippen LogP contribution >= 0.6 is 0 Å². The molecule has 4 nitrogen and oxygen atoms in total. The van der Waals surface area contributed by atoms with Gasteiger partial charge in [-0.3, -0.25) is 9.69 Å². The highest BCUT2D eigenvalue weighted by molar-refractivity contribution is 5.67. The lowest BCUT2D eigenvalue weighted by Gasteiger charge is -2.36. The van der Waals surface area contributed by atoms with Gasteiger partial charge in [-0.05, 0) is 13.3 Å². The van der Waals surface area contributed by atoms with Crippen molar-refractivity contribution in [2.75, 3.05) is 19.6 Å². The van der Waals surface area contributed by atoms with Crippen LogP contribution in [-0.4, -0.2) is 47.7 Å². The van der Waals surface area contributed by atoms with E-state index >= 15 is 0 Å². The zero-order valence-electron chi connectivity index (χ0n) is 8.99. The second-order valence-electron chi connectivity index (χ2n) is 4.00. The highest BCUT2D eigenvalue weighted by atomic mass is 16.4. The third-order valence-electron chi connectivity index (χ3n) is 2.92. The molecule has 4 heteroatoms. The molecule has 82 valence electrons. The van der Waals surface area contributed by atoms with E-state index in [-0.39, 0.29) is 12.5 Å². The fourth-order valence-electron chi connectivity index (χ4n) is 1.86. The largest absolute Gasteiger partial charge is 0.481 e. The Morgan fingerprint density at radius 3 is 3.00 bits per heavy atom. The van der Waals surface area contributed by atoms with Crippen LogP contribution in [0, 0.1) is 0 Å². The van der Waals surface area contributed by atoms with Gasteiger partial charge in [0.15, 0.2) is 0 Å². The maximum absolute atomic E-state index is 10.6. The van der Waals surface area contributed by atoms with Gasteiger partial charge in [-0.1, -0.05) is 6.92 Å². The average molecular weight is 200 g/mol. The number of aliphatic carboxylic acids is 1. The van der Waals surface area contributed by atoms with Crippen molar-refractivity contribution in [1.82, 2.24) is 10.2 Å². The summed E-state index contributed by atoms with van der Waals surface area (Å²) in [5.41, 5.74) is 0. The molecular formula is C10H20N2O2. The molecule has 1 saturated heterocycles. The number of piperazine rings is 1. The molecule has 1 aliphatic rings. The second-order valence-corrected chi connectivity index (χ2v) is 4.00. The van der Waals surface area contributed by atoms with Crippen LogP contribution in [0.4, 0.5) is 0 Å². The van der Waals surface area contributed by atoms with Crippen molar-refractivity contribution >= 4 is 5.97 Å². The van der Waals surface area contributed by atoms with E-state index in [1.807, 2.05) is 0 Å². The van der Waals surface area contributed by atoms with Crippen molar-refractivity contribution in [2.45, 2.75) is 38.8 Å². The molecule has 1 heterocycles. The van der Waals surface area contributed by atoms with Gasteiger partial charge in [0.1, 0.15) is 0 Å². The normalized spacial score (nSPS) is 26.0. The van der Waals surface area contributed by atoms with Crippen LogP contribution in [0.5, 0.6) is 0 Å². The van der Waals surface area contributed by atoms with Crippen molar-refractivity contribution in [2.24, 2.45) is 0 Å². The molecule has 0 amide bonds. The maximum Gasteiger partial charge on any atom is 0.304 e. The molecule has 2 N–H and O–H groups in total. The fourth-order valence-corrected chi connectivity index (χ4v) is 1.86. The highest BCUT2D eigenvalue weighted by Crippen LogP contribution is 2.09. The number of nitrogens with one attached hydrogen (secondary N) is 1. The van der Waals surface area contributed by atoms with Crippen LogP contribution in [0.25, 0.3) is 0 Å². The van der Waals surface area contributed by atoms with Crippen molar-refractivity contribution in [3.63, 3.8) is 0 Å².